The second-order valence-corrected chi connectivity index (χ2v) is 11.0. The largest absolute Gasteiger partial charge is 0.456 e. The molecule has 4 radical (unpaired) electrons. The molecule has 3 aromatic carbocycles. The summed E-state index contributed by atoms with van der Waals surface area (Å²) in [7, 11) is 13.8. The quantitative estimate of drug-likeness (QED) is 0.348. The first-order valence-electron chi connectivity index (χ1n) is 11.5. The number of imidazole rings is 1. The Labute approximate surface area is 197 Å². The van der Waals surface area contributed by atoms with Crippen LogP contribution in [0.2, 0.25) is 0 Å². The smallest absolute Gasteiger partial charge is 0.135 e. The van der Waals surface area contributed by atoms with Gasteiger partial charge in [0.2, 0.25) is 0 Å². The van der Waals surface area contributed by atoms with E-state index in [1.54, 1.807) is 0 Å². The van der Waals surface area contributed by atoms with Gasteiger partial charge in [0.15, 0.2) is 0 Å². The lowest BCUT2D eigenvalue weighted by Crippen LogP contribution is -2.43. The zero-order valence-corrected chi connectivity index (χ0v) is 20.1. The van der Waals surface area contributed by atoms with Crippen LogP contribution < -0.4 is 10.9 Å². The highest BCUT2D eigenvalue weighted by molar-refractivity contribution is 6.46. The molecule has 0 amide bonds. The highest BCUT2D eigenvalue weighted by Gasteiger charge is 2.58. The molecular weight excluding hydrogens is 402 g/mol. The summed E-state index contributed by atoms with van der Waals surface area (Å²) in [5.74, 6) is 0. The summed E-state index contributed by atoms with van der Waals surface area (Å²) in [6, 6.07) is 14.3. The third kappa shape index (κ3) is 2.31. The van der Waals surface area contributed by atoms with Crippen LogP contribution in [0.1, 0.15) is 52.7 Å². The second-order valence-electron chi connectivity index (χ2n) is 11.0. The molecule has 0 N–H and O–H groups in total. The van der Waals surface area contributed by atoms with Gasteiger partial charge < -0.3 is 4.42 Å². The maximum atomic E-state index is 6.99. The summed E-state index contributed by atoms with van der Waals surface area (Å²) >= 11 is 0. The number of furan rings is 1. The zero-order chi connectivity index (χ0) is 23.5. The van der Waals surface area contributed by atoms with Crippen LogP contribution in [0, 0.1) is 5.41 Å². The van der Waals surface area contributed by atoms with Gasteiger partial charge in [0.1, 0.15) is 33.2 Å². The van der Waals surface area contributed by atoms with Crippen LogP contribution in [0.5, 0.6) is 0 Å². The molecule has 1 aliphatic carbocycles. The van der Waals surface area contributed by atoms with Gasteiger partial charge in [-0.05, 0) is 51.6 Å². The number of rotatable bonds is 1. The lowest BCUT2D eigenvalue weighted by atomic mass is 9.58. The molecule has 5 heteroatoms. The van der Waals surface area contributed by atoms with Gasteiger partial charge >= 0.3 is 0 Å². The van der Waals surface area contributed by atoms with E-state index in [1.165, 1.54) is 0 Å². The summed E-state index contributed by atoms with van der Waals surface area (Å²) in [5, 5.41) is 2.16. The predicted molar refractivity (Wildman–Crippen MR) is 139 cm³/mol. The Hall–Kier alpha value is -2.94. The Morgan fingerprint density at radius 3 is 2.15 bits per heavy atom. The lowest BCUT2D eigenvalue weighted by Gasteiger charge is -2.45. The number of hydrogen-bond donors (Lipinski definition) is 0. The van der Waals surface area contributed by atoms with Crippen LogP contribution in [0.15, 0.2) is 53.2 Å². The molecule has 6 rings (SSSR count). The van der Waals surface area contributed by atoms with Crippen molar-refractivity contribution in [2.75, 3.05) is 0 Å². The highest BCUT2D eigenvalue weighted by atomic mass is 16.3. The first-order chi connectivity index (χ1) is 15.5. The number of para-hydroxylation sites is 1. The van der Waals surface area contributed by atoms with Crippen LogP contribution in [-0.2, 0) is 10.8 Å². The number of aromatic nitrogens is 2. The summed E-state index contributed by atoms with van der Waals surface area (Å²) in [4.78, 5) is 4.76. The number of hydrogen-bond acceptors (Lipinski definition) is 2. The molecule has 0 bridgehead atoms. The topological polar surface area (TPSA) is 31.0 Å². The van der Waals surface area contributed by atoms with Crippen molar-refractivity contribution in [3.8, 4) is 5.69 Å². The Morgan fingerprint density at radius 1 is 0.788 bits per heavy atom. The molecule has 33 heavy (non-hydrogen) atoms. The van der Waals surface area contributed by atoms with E-state index >= 15 is 0 Å². The van der Waals surface area contributed by atoms with Crippen molar-refractivity contribution >= 4 is 59.6 Å². The van der Waals surface area contributed by atoms with Gasteiger partial charge in [0.25, 0.3) is 0 Å². The van der Waals surface area contributed by atoms with E-state index in [9.17, 15) is 0 Å². The fraction of sp³-hybridized carbons (Fsp3) is 0.321. The molecule has 0 aliphatic heterocycles. The maximum absolute atomic E-state index is 6.99. The van der Waals surface area contributed by atoms with E-state index in [-0.39, 0.29) is 16.2 Å². The van der Waals surface area contributed by atoms with Gasteiger partial charge in [-0.25, -0.2) is 4.98 Å². The Bertz CT molecular complexity index is 1620. The Balaban J connectivity index is 1.68. The minimum Gasteiger partial charge on any atom is -0.456 e. The highest BCUT2D eigenvalue weighted by Crippen LogP contribution is 2.60. The van der Waals surface area contributed by atoms with Crippen molar-refractivity contribution < 1.29 is 4.42 Å². The van der Waals surface area contributed by atoms with Crippen LogP contribution in [0.25, 0.3) is 38.7 Å². The van der Waals surface area contributed by atoms with Crippen molar-refractivity contribution in [2.24, 2.45) is 5.41 Å². The van der Waals surface area contributed by atoms with Gasteiger partial charge in [-0.15, -0.1) is 0 Å². The van der Waals surface area contributed by atoms with Gasteiger partial charge in [-0.2, -0.15) is 0 Å². The average Bonchev–Trinajstić information content (AvgIpc) is 3.39. The van der Waals surface area contributed by atoms with Gasteiger partial charge in [-0.3, -0.25) is 4.57 Å². The fourth-order valence-electron chi connectivity index (χ4n) is 6.07. The van der Waals surface area contributed by atoms with Crippen molar-refractivity contribution in [1.82, 2.24) is 9.55 Å². The van der Waals surface area contributed by atoms with Crippen LogP contribution in [0.3, 0.4) is 0 Å². The third-order valence-corrected chi connectivity index (χ3v) is 9.08. The first kappa shape index (κ1) is 20.7. The molecular formula is C28H26B2N2O. The molecule has 5 aromatic rings. The van der Waals surface area contributed by atoms with Crippen LogP contribution in [0.4, 0.5) is 0 Å². The minimum atomic E-state index is -0.155. The van der Waals surface area contributed by atoms with Crippen LogP contribution in [-0.4, -0.2) is 25.2 Å². The van der Waals surface area contributed by atoms with Crippen molar-refractivity contribution in [2.45, 2.75) is 52.4 Å². The normalized spacial score (nSPS) is 18.4. The molecule has 0 spiro atoms. The molecule has 2 heterocycles. The van der Waals surface area contributed by atoms with Crippen LogP contribution >= 0.6 is 0 Å². The second kappa shape index (κ2) is 6.14. The SMILES string of the molecule is [B]c1c2c(c([B])c3c1ncn3-c1ccc3oc4ccccc4c3c1)C(C)(C)C(C)(C)C2(C)C. The molecule has 2 aromatic heterocycles. The van der Waals surface area contributed by atoms with E-state index in [0.29, 0.717) is 0 Å². The Morgan fingerprint density at radius 2 is 1.42 bits per heavy atom. The average molecular weight is 428 g/mol. The molecule has 0 saturated heterocycles. The zero-order valence-electron chi connectivity index (χ0n) is 20.1. The van der Waals surface area contributed by atoms with Crippen molar-refractivity contribution in [3.05, 3.63) is 59.9 Å². The molecule has 0 saturated carbocycles. The van der Waals surface area contributed by atoms with Gasteiger partial charge in [0.05, 0.1) is 11.0 Å². The summed E-state index contributed by atoms with van der Waals surface area (Å²) < 4.78 is 8.09. The number of nitrogens with zero attached hydrogens (tertiary/aromatic N) is 2. The number of benzene rings is 3. The monoisotopic (exact) mass is 428 g/mol. The lowest BCUT2D eigenvalue weighted by molar-refractivity contribution is 0.125. The predicted octanol–water partition coefficient (Wildman–Crippen LogP) is 5.11. The standard InChI is InChI=1S/C28H26B2N2O/c1-26(2)20-21(27(3,4)28(26,5)6)23(30)25-24(22(20)29)31-14-32(25)15-11-12-19-17(13-15)16-9-7-8-10-18(16)33-19/h7-14H,1-6H3. The van der Waals surface area contributed by atoms with E-state index in [2.05, 4.69) is 58.2 Å². The van der Waals surface area contributed by atoms with E-state index < -0.39 is 0 Å². The molecule has 160 valence electrons. The minimum absolute atomic E-state index is 0.0389. The van der Waals surface area contributed by atoms with Crippen molar-refractivity contribution in [1.29, 1.82) is 0 Å². The van der Waals surface area contributed by atoms with E-state index in [4.69, 9.17) is 25.1 Å². The molecule has 0 fully saturated rings. The maximum Gasteiger partial charge on any atom is 0.135 e. The number of fused-ring (bicyclic) bond motifs is 5. The Kier molecular flexibility index (Phi) is 3.84. The fourth-order valence-corrected chi connectivity index (χ4v) is 6.07. The van der Waals surface area contributed by atoms with Gasteiger partial charge in [0, 0.05) is 16.5 Å². The van der Waals surface area contributed by atoms with Gasteiger partial charge in [-0.1, -0.05) is 70.7 Å². The molecule has 0 unspecified atom stereocenters. The molecule has 3 nitrogen and oxygen atoms in total. The first-order valence-corrected chi connectivity index (χ1v) is 11.5. The van der Waals surface area contributed by atoms with E-state index in [0.717, 1.165) is 60.7 Å². The van der Waals surface area contributed by atoms with E-state index in [1.807, 2.05) is 36.7 Å². The third-order valence-electron chi connectivity index (χ3n) is 9.08. The summed E-state index contributed by atoms with van der Waals surface area (Å²) in [6.07, 6.45) is 1.83. The molecule has 1 aliphatic rings. The molecule has 0 atom stereocenters. The summed E-state index contributed by atoms with van der Waals surface area (Å²) in [5.41, 5.74) is 7.84. The summed E-state index contributed by atoms with van der Waals surface area (Å²) in [6.45, 7) is 13.7. The van der Waals surface area contributed by atoms with Crippen molar-refractivity contribution in [3.63, 3.8) is 0 Å².